The van der Waals surface area contributed by atoms with Gasteiger partial charge in [-0.05, 0) is 164 Å². The molecule has 3 fully saturated rings. The zero-order valence-corrected chi connectivity index (χ0v) is 34.6. The third kappa shape index (κ3) is 5.37. The van der Waals surface area contributed by atoms with Gasteiger partial charge in [0, 0.05) is 28.2 Å². The number of nitrogens with zero attached hydrogens (tertiary/aromatic N) is 3. The lowest BCUT2D eigenvalue weighted by molar-refractivity contribution is -0.0470. The standard InChI is InChI=1S/C55H59N3/c1-35-15-3-5-17-42(35)45-20-8-7-18-43(45)36(2)39-31-40(33-41(32-39)56-50-23-11-9-21-46(50)47-22-10-12-24-51(47)56)38-28-30-52-49(34-38)48-29-27-37-16-4-6-19-44(37)55(48)58-54-26-14-13-25-53(54)57(52)58/h3,7-11,13-15,18,20-23,25-26,31-33,36-38,44,48-49,52,55H,4-6,12,16-17,19,24,27-30,34H2,1-2H3. The molecular weight excluding hydrogens is 703 g/mol. The lowest BCUT2D eigenvalue weighted by Gasteiger charge is -2.58. The Balaban J connectivity index is 0.990. The molecule has 6 aliphatic rings. The first-order valence-corrected chi connectivity index (χ1v) is 23.2. The quantitative estimate of drug-likeness (QED) is 0.166. The van der Waals surface area contributed by atoms with Crippen LogP contribution < -0.4 is 0 Å². The smallest absolute Gasteiger partial charge is 0.0830 e. The fourth-order valence-corrected chi connectivity index (χ4v) is 13.9. The monoisotopic (exact) mass is 761 g/mol. The molecule has 0 N–H and O–H groups in total. The second kappa shape index (κ2) is 13.9. The van der Waals surface area contributed by atoms with Gasteiger partial charge in [0.1, 0.15) is 0 Å². The van der Waals surface area contributed by atoms with E-state index in [2.05, 4.69) is 143 Å². The lowest BCUT2D eigenvalue weighted by Crippen LogP contribution is -2.53. The maximum atomic E-state index is 2.87. The molecule has 0 spiro atoms. The van der Waals surface area contributed by atoms with Crippen molar-refractivity contribution in [2.75, 3.05) is 0 Å². The van der Waals surface area contributed by atoms with Crippen LogP contribution in [0.5, 0.6) is 0 Å². The average Bonchev–Trinajstić information content (AvgIpc) is 3.61. The fraction of sp³-hybridized carbons (Fsp3) is 0.418. The predicted octanol–water partition coefficient (Wildman–Crippen LogP) is 14.5. The predicted molar refractivity (Wildman–Crippen MR) is 242 cm³/mol. The second-order valence-electron chi connectivity index (χ2n) is 19.3. The fourth-order valence-electron chi connectivity index (χ4n) is 13.9. The van der Waals surface area contributed by atoms with E-state index in [1.807, 2.05) is 0 Å². The molecule has 5 aliphatic carbocycles. The Morgan fingerprint density at radius 1 is 0.655 bits per heavy atom. The van der Waals surface area contributed by atoms with E-state index in [-0.39, 0.29) is 5.92 Å². The van der Waals surface area contributed by atoms with Crippen LogP contribution in [0, 0.1) is 23.7 Å². The SMILES string of the molecule is CC1=C(c2ccccc2C(C)c2cc(C3CCC4C(C3)C3CCC5CCCCC5C3n3c5ccccc5n34)cc(-n3c4c(c5ccccc53)C=CCC4)c2)CCC=C1. The largest absolute Gasteiger partial charge is 0.313 e. The van der Waals surface area contributed by atoms with Crippen LogP contribution in [0.4, 0.5) is 0 Å². The van der Waals surface area contributed by atoms with Gasteiger partial charge >= 0.3 is 0 Å². The van der Waals surface area contributed by atoms with Crippen LogP contribution in [0.2, 0.25) is 0 Å². The Labute approximate surface area is 345 Å². The summed E-state index contributed by atoms with van der Waals surface area (Å²) in [5, 5.41) is 1.39. The van der Waals surface area contributed by atoms with Gasteiger partial charge < -0.3 is 4.57 Å². The first-order valence-electron chi connectivity index (χ1n) is 23.2. The summed E-state index contributed by atoms with van der Waals surface area (Å²) in [7, 11) is 0. The van der Waals surface area contributed by atoms with Crippen LogP contribution in [0.25, 0.3) is 39.3 Å². The van der Waals surface area contributed by atoms with E-state index in [0.717, 1.165) is 49.4 Å². The first kappa shape index (κ1) is 35.2. The molecule has 12 rings (SSSR count). The summed E-state index contributed by atoms with van der Waals surface area (Å²) >= 11 is 0. The number of para-hydroxylation sites is 3. The number of hydrogen-bond acceptors (Lipinski definition) is 0. The van der Waals surface area contributed by atoms with E-state index in [0.29, 0.717) is 18.0 Å². The zero-order chi connectivity index (χ0) is 38.5. The molecule has 0 radical (unpaired) electrons. The zero-order valence-electron chi connectivity index (χ0n) is 34.6. The van der Waals surface area contributed by atoms with Gasteiger partial charge in [-0.2, -0.15) is 0 Å². The van der Waals surface area contributed by atoms with Crippen molar-refractivity contribution in [3.05, 3.63) is 148 Å². The second-order valence-corrected chi connectivity index (χ2v) is 19.3. The molecule has 294 valence electrons. The summed E-state index contributed by atoms with van der Waals surface area (Å²) in [4.78, 5) is 0. The minimum atomic E-state index is 0.279. The van der Waals surface area contributed by atoms with E-state index < -0.39 is 0 Å². The van der Waals surface area contributed by atoms with Crippen molar-refractivity contribution in [1.82, 2.24) is 13.9 Å². The number of allylic oxidation sites excluding steroid dienone is 5. The van der Waals surface area contributed by atoms with Crippen LogP contribution in [-0.4, -0.2) is 13.9 Å². The van der Waals surface area contributed by atoms with Crippen LogP contribution >= 0.6 is 0 Å². The van der Waals surface area contributed by atoms with Gasteiger partial charge in [0.15, 0.2) is 0 Å². The molecular formula is C55H59N3. The van der Waals surface area contributed by atoms with E-state index in [4.69, 9.17) is 0 Å². The first-order chi connectivity index (χ1) is 28.6. The summed E-state index contributed by atoms with van der Waals surface area (Å²) < 4.78 is 8.38. The highest BCUT2D eigenvalue weighted by Gasteiger charge is 2.53. The molecule has 0 amide bonds. The van der Waals surface area contributed by atoms with Crippen LogP contribution in [0.15, 0.2) is 115 Å². The highest BCUT2D eigenvalue weighted by Crippen LogP contribution is 2.61. The summed E-state index contributed by atoms with van der Waals surface area (Å²) in [6, 6.07) is 37.1. The minimum Gasteiger partial charge on any atom is -0.313 e. The Morgan fingerprint density at radius 3 is 2.33 bits per heavy atom. The van der Waals surface area contributed by atoms with E-state index in [9.17, 15) is 0 Å². The summed E-state index contributed by atoms with van der Waals surface area (Å²) in [5.74, 6) is 4.15. The molecule has 0 bridgehead atoms. The third-order valence-electron chi connectivity index (χ3n) is 16.5. The number of fused-ring (bicyclic) bond motifs is 14. The minimum absolute atomic E-state index is 0.279. The van der Waals surface area contributed by atoms with E-state index in [1.54, 1.807) is 5.56 Å². The molecule has 58 heavy (non-hydrogen) atoms. The van der Waals surface area contributed by atoms with Gasteiger partial charge in [0.25, 0.3) is 0 Å². The molecule has 3 saturated carbocycles. The molecule has 1 aliphatic heterocycles. The Morgan fingerprint density at radius 2 is 1.43 bits per heavy atom. The molecule has 2 aromatic heterocycles. The Bertz CT molecular complexity index is 2650. The Kier molecular flexibility index (Phi) is 8.45. The van der Waals surface area contributed by atoms with Gasteiger partial charge in [-0.1, -0.05) is 111 Å². The normalized spacial score (nSPS) is 28.2. The number of benzene rings is 4. The van der Waals surface area contributed by atoms with Crippen molar-refractivity contribution in [3.63, 3.8) is 0 Å². The van der Waals surface area contributed by atoms with Gasteiger partial charge in [-0.25, -0.2) is 0 Å². The Hall–Kier alpha value is -4.76. The van der Waals surface area contributed by atoms with Gasteiger partial charge in [-0.3, -0.25) is 9.36 Å². The summed E-state index contributed by atoms with van der Waals surface area (Å²) in [6.07, 6.45) is 26.4. The van der Waals surface area contributed by atoms with E-state index >= 15 is 0 Å². The third-order valence-corrected chi connectivity index (χ3v) is 16.5. The van der Waals surface area contributed by atoms with Crippen molar-refractivity contribution in [2.24, 2.45) is 23.7 Å². The van der Waals surface area contributed by atoms with Gasteiger partial charge in [0.05, 0.1) is 28.6 Å². The molecule has 4 aromatic carbocycles. The van der Waals surface area contributed by atoms with Crippen LogP contribution in [0.1, 0.15) is 148 Å². The molecule has 0 saturated heterocycles. The molecule has 3 heterocycles. The van der Waals surface area contributed by atoms with Crippen LogP contribution in [-0.2, 0) is 6.42 Å². The summed E-state index contributed by atoms with van der Waals surface area (Å²) in [5.41, 5.74) is 17.6. The van der Waals surface area contributed by atoms with Crippen LogP contribution in [0.3, 0.4) is 0 Å². The van der Waals surface area contributed by atoms with E-state index in [1.165, 1.54) is 125 Å². The maximum absolute atomic E-state index is 2.87. The van der Waals surface area contributed by atoms with Crippen molar-refractivity contribution >= 4 is 33.6 Å². The van der Waals surface area contributed by atoms with Crippen molar-refractivity contribution in [2.45, 2.75) is 121 Å². The lowest BCUT2D eigenvalue weighted by atomic mass is 9.57. The molecule has 8 atom stereocenters. The summed E-state index contributed by atoms with van der Waals surface area (Å²) in [6.45, 7) is 4.80. The van der Waals surface area contributed by atoms with Crippen molar-refractivity contribution < 1.29 is 0 Å². The van der Waals surface area contributed by atoms with Gasteiger partial charge in [-0.15, -0.1) is 0 Å². The molecule has 3 heteroatoms. The van der Waals surface area contributed by atoms with Crippen molar-refractivity contribution in [3.8, 4) is 5.69 Å². The number of rotatable bonds is 5. The highest BCUT2D eigenvalue weighted by atomic mass is 15.5. The maximum Gasteiger partial charge on any atom is 0.0830 e. The van der Waals surface area contributed by atoms with Gasteiger partial charge in [0.2, 0.25) is 0 Å². The average molecular weight is 762 g/mol. The molecule has 6 aromatic rings. The number of aromatic nitrogens is 3. The van der Waals surface area contributed by atoms with Crippen molar-refractivity contribution in [1.29, 1.82) is 0 Å². The highest BCUT2D eigenvalue weighted by molar-refractivity contribution is 5.93. The molecule has 8 unspecified atom stereocenters. The topological polar surface area (TPSA) is 14.8 Å². The number of hydrogen-bond donors (Lipinski definition) is 0. The molecule has 3 nitrogen and oxygen atoms in total.